The van der Waals surface area contributed by atoms with Gasteiger partial charge in [0.05, 0.1) is 0 Å². The molecule has 1 rings (SSSR count). The van der Waals surface area contributed by atoms with Crippen LogP contribution in [0.4, 0.5) is 0 Å². The van der Waals surface area contributed by atoms with Gasteiger partial charge in [0.15, 0.2) is 5.96 Å². The van der Waals surface area contributed by atoms with Gasteiger partial charge in [-0.2, -0.15) is 11.8 Å². The lowest BCUT2D eigenvalue weighted by Gasteiger charge is -2.29. The van der Waals surface area contributed by atoms with Gasteiger partial charge in [0, 0.05) is 39.6 Å². The summed E-state index contributed by atoms with van der Waals surface area (Å²) in [6.07, 6.45) is 8.60. The van der Waals surface area contributed by atoms with Gasteiger partial charge in [0.1, 0.15) is 0 Å². The van der Waals surface area contributed by atoms with E-state index in [1.807, 2.05) is 18.8 Å². The molecule has 20 heavy (non-hydrogen) atoms. The molecule has 0 atom stereocenters. The molecule has 0 aromatic carbocycles. The average molecular weight is 415 g/mol. The van der Waals surface area contributed by atoms with E-state index in [9.17, 15) is 0 Å². The van der Waals surface area contributed by atoms with Gasteiger partial charge in [0.2, 0.25) is 0 Å². The van der Waals surface area contributed by atoms with E-state index in [0.29, 0.717) is 5.41 Å². The van der Waals surface area contributed by atoms with E-state index < -0.39 is 0 Å². The van der Waals surface area contributed by atoms with Crippen LogP contribution in [0.3, 0.4) is 0 Å². The van der Waals surface area contributed by atoms with E-state index in [2.05, 4.69) is 21.9 Å². The molecule has 6 heteroatoms. The van der Waals surface area contributed by atoms with Crippen LogP contribution in [0.15, 0.2) is 4.99 Å². The number of ether oxygens (including phenoxy) is 1. The second-order valence-electron chi connectivity index (χ2n) is 5.30. The topological polar surface area (TPSA) is 45.7 Å². The summed E-state index contributed by atoms with van der Waals surface area (Å²) >= 11 is 1.85. The third-order valence-corrected chi connectivity index (χ3v) is 4.57. The summed E-state index contributed by atoms with van der Waals surface area (Å²) in [6.45, 7) is 2.83. The van der Waals surface area contributed by atoms with Crippen molar-refractivity contribution in [3.63, 3.8) is 0 Å². The molecule has 0 aromatic heterocycles. The van der Waals surface area contributed by atoms with Crippen molar-refractivity contribution in [3.8, 4) is 0 Å². The Labute approximate surface area is 145 Å². The molecule has 0 unspecified atom stereocenters. The first-order chi connectivity index (χ1) is 9.26. The van der Waals surface area contributed by atoms with Crippen LogP contribution >= 0.6 is 35.7 Å². The predicted molar refractivity (Wildman–Crippen MR) is 101 cm³/mol. The Morgan fingerprint density at radius 3 is 2.55 bits per heavy atom. The number of thioether (sulfide) groups is 1. The van der Waals surface area contributed by atoms with Gasteiger partial charge < -0.3 is 15.4 Å². The van der Waals surface area contributed by atoms with Crippen LogP contribution in [0.1, 0.15) is 32.1 Å². The van der Waals surface area contributed by atoms with Crippen LogP contribution in [-0.4, -0.2) is 51.8 Å². The Bertz CT molecular complexity index is 271. The van der Waals surface area contributed by atoms with Crippen LogP contribution in [0.25, 0.3) is 0 Å². The largest absolute Gasteiger partial charge is 0.385 e. The van der Waals surface area contributed by atoms with E-state index in [4.69, 9.17) is 4.74 Å². The summed E-state index contributed by atoms with van der Waals surface area (Å²) in [5.74, 6) is 2.04. The molecule has 1 saturated carbocycles. The molecule has 1 aliphatic rings. The molecule has 0 bridgehead atoms. The lowest BCUT2D eigenvalue weighted by Crippen LogP contribution is -2.44. The van der Waals surface area contributed by atoms with Gasteiger partial charge in [0.25, 0.3) is 0 Å². The molecule has 0 spiro atoms. The lowest BCUT2D eigenvalue weighted by molar-refractivity contribution is 0.138. The van der Waals surface area contributed by atoms with Crippen molar-refractivity contribution in [3.05, 3.63) is 0 Å². The minimum atomic E-state index is 0. The van der Waals surface area contributed by atoms with Gasteiger partial charge >= 0.3 is 0 Å². The fraction of sp³-hybridized carbons (Fsp3) is 0.929. The van der Waals surface area contributed by atoms with Crippen molar-refractivity contribution in [2.75, 3.05) is 45.9 Å². The molecule has 0 radical (unpaired) electrons. The number of halogens is 1. The molecular formula is C14H30IN3OS. The number of hydrogen-bond acceptors (Lipinski definition) is 3. The van der Waals surface area contributed by atoms with Crippen LogP contribution in [0.5, 0.6) is 0 Å². The fourth-order valence-electron chi connectivity index (χ4n) is 2.72. The monoisotopic (exact) mass is 415 g/mol. The number of rotatable bonds is 8. The summed E-state index contributed by atoms with van der Waals surface area (Å²) in [5, 5.41) is 6.85. The first-order valence-corrected chi connectivity index (χ1v) is 8.58. The van der Waals surface area contributed by atoms with E-state index in [0.717, 1.165) is 37.8 Å². The summed E-state index contributed by atoms with van der Waals surface area (Å²) in [4.78, 5) is 4.29. The van der Waals surface area contributed by atoms with Crippen LogP contribution in [-0.2, 0) is 4.74 Å². The number of methoxy groups -OCH3 is 1. The van der Waals surface area contributed by atoms with E-state index in [1.165, 1.54) is 25.7 Å². The van der Waals surface area contributed by atoms with Crippen molar-refractivity contribution in [2.45, 2.75) is 32.1 Å². The number of guanidine groups is 1. The van der Waals surface area contributed by atoms with Gasteiger partial charge in [-0.3, -0.25) is 4.99 Å². The minimum absolute atomic E-state index is 0. The van der Waals surface area contributed by atoms with Crippen molar-refractivity contribution < 1.29 is 4.74 Å². The molecule has 0 aromatic rings. The number of nitrogens with one attached hydrogen (secondary N) is 2. The first-order valence-electron chi connectivity index (χ1n) is 7.19. The van der Waals surface area contributed by atoms with Crippen LogP contribution in [0.2, 0.25) is 0 Å². The second kappa shape index (κ2) is 11.9. The zero-order chi connectivity index (χ0) is 14.0. The molecule has 0 aliphatic heterocycles. The molecule has 1 fully saturated rings. The van der Waals surface area contributed by atoms with Gasteiger partial charge in [-0.1, -0.05) is 12.8 Å². The molecule has 1 aliphatic carbocycles. The SMILES string of the molecule is CN=C(NCCSC)NCC1(CCOC)CCCC1.I. The smallest absolute Gasteiger partial charge is 0.191 e. The van der Waals surface area contributed by atoms with Crippen molar-refractivity contribution >= 4 is 41.7 Å². The summed E-state index contributed by atoms with van der Waals surface area (Å²) < 4.78 is 5.26. The van der Waals surface area contributed by atoms with Crippen LogP contribution < -0.4 is 10.6 Å². The van der Waals surface area contributed by atoms with Crippen molar-refractivity contribution in [1.29, 1.82) is 0 Å². The highest BCUT2D eigenvalue weighted by molar-refractivity contribution is 14.0. The Morgan fingerprint density at radius 2 is 2.00 bits per heavy atom. The van der Waals surface area contributed by atoms with Gasteiger partial charge in [-0.15, -0.1) is 24.0 Å². The van der Waals surface area contributed by atoms with Crippen molar-refractivity contribution in [2.24, 2.45) is 10.4 Å². The van der Waals surface area contributed by atoms with Gasteiger partial charge in [-0.25, -0.2) is 0 Å². The maximum absolute atomic E-state index is 5.26. The Hall–Kier alpha value is 0.310. The van der Waals surface area contributed by atoms with Crippen molar-refractivity contribution in [1.82, 2.24) is 10.6 Å². The zero-order valence-electron chi connectivity index (χ0n) is 13.0. The third-order valence-electron chi connectivity index (χ3n) is 3.95. The van der Waals surface area contributed by atoms with Gasteiger partial charge in [-0.05, 0) is 30.9 Å². The standard InChI is InChI=1S/C14H29N3OS.HI/c1-15-13(16-9-11-19-3)17-12-14(8-10-18-2)6-4-5-7-14;/h4-12H2,1-3H3,(H2,15,16,17);1H. The first kappa shape index (κ1) is 20.3. The highest BCUT2D eigenvalue weighted by atomic mass is 127. The molecular weight excluding hydrogens is 385 g/mol. The number of aliphatic imine (C=N–C) groups is 1. The Kier molecular flexibility index (Phi) is 12.1. The van der Waals surface area contributed by atoms with E-state index in [-0.39, 0.29) is 24.0 Å². The quantitative estimate of drug-likeness (QED) is 0.277. The lowest BCUT2D eigenvalue weighted by atomic mass is 9.83. The van der Waals surface area contributed by atoms with E-state index >= 15 is 0 Å². The normalized spacial score (nSPS) is 17.6. The number of nitrogens with zero attached hydrogens (tertiary/aromatic N) is 1. The maximum Gasteiger partial charge on any atom is 0.191 e. The number of hydrogen-bond donors (Lipinski definition) is 2. The second-order valence-corrected chi connectivity index (χ2v) is 6.28. The molecule has 2 N–H and O–H groups in total. The minimum Gasteiger partial charge on any atom is -0.385 e. The molecule has 0 amide bonds. The molecule has 0 saturated heterocycles. The summed E-state index contributed by atoms with van der Waals surface area (Å²) in [6, 6.07) is 0. The Balaban J connectivity index is 0.00000361. The van der Waals surface area contributed by atoms with Crippen LogP contribution in [0, 0.1) is 5.41 Å². The Morgan fingerprint density at radius 1 is 1.30 bits per heavy atom. The zero-order valence-corrected chi connectivity index (χ0v) is 16.2. The van der Waals surface area contributed by atoms with E-state index in [1.54, 1.807) is 7.11 Å². The average Bonchev–Trinajstić information content (AvgIpc) is 2.90. The highest BCUT2D eigenvalue weighted by Crippen LogP contribution is 2.40. The third kappa shape index (κ3) is 7.36. The summed E-state index contributed by atoms with van der Waals surface area (Å²) in [5.41, 5.74) is 0.410. The molecule has 120 valence electrons. The molecule has 0 heterocycles. The fourth-order valence-corrected chi connectivity index (χ4v) is 3.03. The molecule has 4 nitrogen and oxygen atoms in total. The summed E-state index contributed by atoms with van der Waals surface area (Å²) in [7, 11) is 3.63. The maximum atomic E-state index is 5.26. The predicted octanol–water partition coefficient (Wildman–Crippen LogP) is 2.73. The highest BCUT2D eigenvalue weighted by Gasteiger charge is 2.33.